The van der Waals surface area contributed by atoms with Crippen LogP contribution >= 0.6 is 27.7 Å². The molecule has 1 aromatic rings. The summed E-state index contributed by atoms with van der Waals surface area (Å²) >= 11 is 5.58. The predicted octanol–water partition coefficient (Wildman–Crippen LogP) is 4.62. The Kier molecular flexibility index (Phi) is 7.24. The fraction of sp³-hybridized carbons (Fsp3) is 0.571. The van der Waals surface area contributed by atoms with Crippen LogP contribution in [0.15, 0.2) is 27.6 Å². The third-order valence-electron chi connectivity index (χ3n) is 2.56. The minimum Gasteiger partial charge on any atom is -0.328 e. The first-order valence-corrected chi connectivity index (χ1v) is 8.08. The first-order valence-electron chi connectivity index (χ1n) is 6.30. The molecule has 0 amide bonds. The first-order chi connectivity index (χ1) is 8.13. The molecule has 3 heteroatoms. The Balaban J connectivity index is 2.51. The summed E-state index contributed by atoms with van der Waals surface area (Å²) in [7, 11) is 0. The maximum atomic E-state index is 5.81. The Morgan fingerprint density at radius 2 is 2.12 bits per heavy atom. The average Bonchev–Trinajstić information content (AvgIpc) is 2.26. The molecule has 0 aliphatic carbocycles. The Hall–Kier alpha value is 0.01000. The highest BCUT2D eigenvalue weighted by Crippen LogP contribution is 2.29. The second-order valence-corrected chi connectivity index (χ2v) is 6.49. The van der Waals surface area contributed by atoms with Crippen molar-refractivity contribution in [2.24, 2.45) is 5.73 Å². The van der Waals surface area contributed by atoms with Gasteiger partial charge in [0.1, 0.15) is 0 Å². The van der Waals surface area contributed by atoms with E-state index in [9.17, 15) is 0 Å². The minimum absolute atomic E-state index is 0.227. The van der Waals surface area contributed by atoms with Gasteiger partial charge in [-0.3, -0.25) is 0 Å². The van der Waals surface area contributed by atoms with Gasteiger partial charge < -0.3 is 5.73 Å². The Labute approximate surface area is 118 Å². The molecular formula is C14H22BrNS. The smallest absolute Gasteiger partial charge is 0.0313 e. The van der Waals surface area contributed by atoms with Crippen molar-refractivity contribution < 1.29 is 0 Å². The summed E-state index contributed by atoms with van der Waals surface area (Å²) in [6.45, 7) is 4.28. The Bertz CT molecular complexity index is 339. The molecule has 96 valence electrons. The fourth-order valence-electron chi connectivity index (χ4n) is 1.69. The summed E-state index contributed by atoms with van der Waals surface area (Å²) in [4.78, 5) is 1.34. The number of benzene rings is 1. The van der Waals surface area contributed by atoms with Gasteiger partial charge in [0.2, 0.25) is 0 Å². The van der Waals surface area contributed by atoms with Crippen molar-refractivity contribution >= 4 is 27.7 Å². The molecular weight excluding hydrogens is 294 g/mol. The van der Waals surface area contributed by atoms with Crippen molar-refractivity contribution in [3.8, 4) is 0 Å². The Morgan fingerprint density at radius 1 is 1.35 bits per heavy atom. The van der Waals surface area contributed by atoms with E-state index in [1.165, 1.54) is 39.9 Å². The fourth-order valence-corrected chi connectivity index (χ4v) is 3.39. The Morgan fingerprint density at radius 3 is 2.71 bits per heavy atom. The van der Waals surface area contributed by atoms with Gasteiger partial charge in [0.25, 0.3) is 0 Å². The zero-order chi connectivity index (χ0) is 12.7. The number of nitrogens with two attached hydrogens (primary N) is 1. The summed E-state index contributed by atoms with van der Waals surface area (Å²) in [5.41, 5.74) is 7.12. The van der Waals surface area contributed by atoms with Crippen molar-refractivity contribution in [3.05, 3.63) is 28.2 Å². The van der Waals surface area contributed by atoms with Crippen molar-refractivity contribution in [1.29, 1.82) is 0 Å². The molecule has 0 aliphatic rings. The van der Waals surface area contributed by atoms with Crippen LogP contribution in [0.1, 0.15) is 38.7 Å². The molecule has 1 nitrogen and oxygen atoms in total. The topological polar surface area (TPSA) is 26.0 Å². The summed E-state index contributed by atoms with van der Waals surface area (Å²) in [6, 6.07) is 6.82. The van der Waals surface area contributed by atoms with Crippen LogP contribution in [-0.4, -0.2) is 11.8 Å². The molecule has 1 atom stereocenters. The normalized spacial score (nSPS) is 12.7. The third-order valence-corrected chi connectivity index (χ3v) is 4.64. The van der Waals surface area contributed by atoms with Crippen LogP contribution in [0.3, 0.4) is 0 Å². The SMILES string of the molecule is CCCCCSc1ccc(CC(C)N)cc1Br. The molecule has 0 fully saturated rings. The van der Waals surface area contributed by atoms with E-state index in [1.54, 1.807) is 0 Å². The van der Waals surface area contributed by atoms with Crippen LogP contribution in [0, 0.1) is 0 Å². The molecule has 0 saturated carbocycles. The molecule has 0 spiro atoms. The van der Waals surface area contributed by atoms with Crippen LogP contribution in [0.25, 0.3) is 0 Å². The highest BCUT2D eigenvalue weighted by Gasteiger charge is 2.04. The van der Waals surface area contributed by atoms with Gasteiger partial charge in [0, 0.05) is 15.4 Å². The highest BCUT2D eigenvalue weighted by molar-refractivity contribution is 9.10. The molecule has 0 radical (unpaired) electrons. The van der Waals surface area contributed by atoms with E-state index in [2.05, 4.69) is 41.1 Å². The van der Waals surface area contributed by atoms with Crippen LogP contribution < -0.4 is 5.73 Å². The van der Waals surface area contributed by atoms with Gasteiger partial charge in [-0.25, -0.2) is 0 Å². The summed E-state index contributed by atoms with van der Waals surface area (Å²) < 4.78 is 1.21. The molecule has 0 aliphatic heterocycles. The van der Waals surface area contributed by atoms with Crippen LogP contribution in [0.5, 0.6) is 0 Å². The molecule has 17 heavy (non-hydrogen) atoms. The lowest BCUT2D eigenvalue weighted by atomic mass is 10.1. The summed E-state index contributed by atoms with van der Waals surface area (Å²) in [5, 5.41) is 0. The van der Waals surface area contributed by atoms with Crippen molar-refractivity contribution in [1.82, 2.24) is 0 Å². The van der Waals surface area contributed by atoms with Crippen molar-refractivity contribution in [3.63, 3.8) is 0 Å². The zero-order valence-corrected chi connectivity index (χ0v) is 13.1. The second kappa shape index (κ2) is 8.17. The average molecular weight is 316 g/mol. The van der Waals surface area contributed by atoms with Gasteiger partial charge in [-0.2, -0.15) is 0 Å². The molecule has 2 N–H and O–H groups in total. The highest BCUT2D eigenvalue weighted by atomic mass is 79.9. The quantitative estimate of drug-likeness (QED) is 0.587. The van der Waals surface area contributed by atoms with Gasteiger partial charge in [-0.1, -0.05) is 25.8 Å². The predicted molar refractivity (Wildman–Crippen MR) is 81.7 cm³/mol. The third kappa shape index (κ3) is 5.94. The maximum absolute atomic E-state index is 5.81. The van der Waals surface area contributed by atoms with Crippen molar-refractivity contribution in [2.75, 3.05) is 5.75 Å². The van der Waals surface area contributed by atoms with E-state index in [0.717, 1.165) is 6.42 Å². The van der Waals surface area contributed by atoms with Crippen LogP contribution in [-0.2, 0) is 6.42 Å². The lowest BCUT2D eigenvalue weighted by Gasteiger charge is -2.09. The second-order valence-electron chi connectivity index (χ2n) is 4.50. The lowest BCUT2D eigenvalue weighted by molar-refractivity contribution is 0.737. The van der Waals surface area contributed by atoms with E-state index in [-0.39, 0.29) is 6.04 Å². The maximum Gasteiger partial charge on any atom is 0.0313 e. The number of hydrogen-bond acceptors (Lipinski definition) is 2. The van der Waals surface area contributed by atoms with E-state index in [0.29, 0.717) is 0 Å². The molecule has 0 heterocycles. The molecule has 0 bridgehead atoms. The standard InChI is InChI=1S/C14H22BrNS/c1-3-4-5-8-17-14-7-6-12(9-11(2)16)10-13(14)15/h6-7,10-11H,3-5,8-9,16H2,1-2H3. The number of hydrogen-bond donors (Lipinski definition) is 1. The number of thioether (sulfide) groups is 1. The summed E-state index contributed by atoms with van der Waals surface area (Å²) in [5.74, 6) is 1.21. The molecule has 1 aromatic carbocycles. The molecule has 0 saturated heterocycles. The van der Waals surface area contributed by atoms with E-state index >= 15 is 0 Å². The van der Waals surface area contributed by atoms with E-state index in [1.807, 2.05) is 18.7 Å². The first kappa shape index (κ1) is 15.1. The molecule has 1 rings (SSSR count). The van der Waals surface area contributed by atoms with Crippen LogP contribution in [0.4, 0.5) is 0 Å². The number of halogens is 1. The largest absolute Gasteiger partial charge is 0.328 e. The van der Waals surface area contributed by atoms with Gasteiger partial charge in [-0.05, 0) is 59.1 Å². The number of unbranched alkanes of at least 4 members (excludes halogenated alkanes) is 2. The van der Waals surface area contributed by atoms with Gasteiger partial charge in [0.15, 0.2) is 0 Å². The van der Waals surface area contributed by atoms with Gasteiger partial charge >= 0.3 is 0 Å². The van der Waals surface area contributed by atoms with Gasteiger partial charge in [-0.15, -0.1) is 11.8 Å². The zero-order valence-electron chi connectivity index (χ0n) is 10.7. The van der Waals surface area contributed by atoms with Gasteiger partial charge in [0.05, 0.1) is 0 Å². The molecule has 1 unspecified atom stereocenters. The minimum atomic E-state index is 0.227. The van der Waals surface area contributed by atoms with E-state index < -0.39 is 0 Å². The molecule has 0 aromatic heterocycles. The summed E-state index contributed by atoms with van der Waals surface area (Å²) in [6.07, 6.45) is 4.86. The van der Waals surface area contributed by atoms with Crippen LogP contribution in [0.2, 0.25) is 0 Å². The number of rotatable bonds is 7. The monoisotopic (exact) mass is 315 g/mol. The lowest BCUT2D eigenvalue weighted by Crippen LogP contribution is -2.17. The van der Waals surface area contributed by atoms with E-state index in [4.69, 9.17) is 5.73 Å². The van der Waals surface area contributed by atoms with Crippen molar-refractivity contribution in [2.45, 2.75) is 50.5 Å².